The lowest BCUT2D eigenvalue weighted by Crippen LogP contribution is -2.55. The van der Waals surface area contributed by atoms with Gasteiger partial charge in [-0.3, -0.25) is 0 Å². The largest absolute Gasteiger partial charge is 0.438 e. The third kappa shape index (κ3) is 2.84. The van der Waals surface area contributed by atoms with Crippen molar-refractivity contribution in [2.45, 2.75) is 25.2 Å². The van der Waals surface area contributed by atoms with Gasteiger partial charge in [0.05, 0.1) is 12.1 Å². The van der Waals surface area contributed by atoms with E-state index in [0.29, 0.717) is 16.3 Å². The van der Waals surface area contributed by atoms with Gasteiger partial charge in [0, 0.05) is 17.3 Å². The van der Waals surface area contributed by atoms with Crippen molar-refractivity contribution in [3.63, 3.8) is 0 Å². The predicted molar refractivity (Wildman–Crippen MR) is 99.8 cm³/mol. The van der Waals surface area contributed by atoms with Crippen LogP contribution < -0.4 is 10.7 Å². The average molecular weight is 387 g/mol. The van der Waals surface area contributed by atoms with Crippen LogP contribution in [0.15, 0.2) is 53.6 Å². The molecule has 1 aliphatic rings. The van der Waals surface area contributed by atoms with Gasteiger partial charge in [0.15, 0.2) is 0 Å². The third-order valence-electron chi connectivity index (χ3n) is 4.59. The molecule has 0 bridgehead atoms. The second kappa shape index (κ2) is 6.16. The average Bonchev–Trinajstić information content (AvgIpc) is 2.99. The molecule has 4 rings (SSSR count). The minimum Gasteiger partial charge on any atom is -0.384 e. The van der Waals surface area contributed by atoms with Gasteiger partial charge in [-0.15, -0.1) is 0 Å². The smallest absolute Gasteiger partial charge is 0.384 e. The molecule has 3 N–H and O–H groups in total. The van der Waals surface area contributed by atoms with E-state index in [2.05, 4.69) is 15.1 Å². The summed E-state index contributed by atoms with van der Waals surface area (Å²) in [6.45, 7) is 1.57. The maximum atomic E-state index is 13.8. The maximum Gasteiger partial charge on any atom is 0.438 e. The van der Waals surface area contributed by atoms with Gasteiger partial charge >= 0.3 is 6.18 Å². The van der Waals surface area contributed by atoms with E-state index < -0.39 is 24.3 Å². The van der Waals surface area contributed by atoms with E-state index in [4.69, 9.17) is 5.73 Å². The van der Waals surface area contributed by atoms with E-state index >= 15 is 0 Å². The molecule has 0 aliphatic carbocycles. The van der Waals surface area contributed by atoms with E-state index in [1.807, 2.05) is 18.2 Å². The first-order chi connectivity index (χ1) is 13.2. The molecule has 2 aromatic carbocycles. The number of nitrogens with two attached hydrogens (primary N) is 1. The highest BCUT2D eigenvalue weighted by Gasteiger charge is 2.62. The van der Waals surface area contributed by atoms with Crippen LogP contribution in [0.1, 0.15) is 17.7 Å². The molecule has 0 spiro atoms. The zero-order chi connectivity index (χ0) is 20.1. The number of alkyl halides is 3. The number of nitrogens with zero attached hydrogens (tertiary/aromatic N) is 4. The highest BCUT2D eigenvalue weighted by molar-refractivity contribution is 6.12. The third-order valence-corrected chi connectivity index (χ3v) is 4.59. The van der Waals surface area contributed by atoms with Gasteiger partial charge in [0.25, 0.3) is 11.7 Å². The summed E-state index contributed by atoms with van der Waals surface area (Å²) in [5.41, 5.74) is 3.33. The van der Waals surface area contributed by atoms with Crippen molar-refractivity contribution in [2.24, 2.45) is 5.10 Å². The molecule has 0 amide bonds. The fourth-order valence-corrected chi connectivity index (χ4v) is 3.28. The number of hydrazone groups is 1. The van der Waals surface area contributed by atoms with Crippen LogP contribution in [-0.4, -0.2) is 32.7 Å². The Balaban J connectivity index is 1.90. The van der Waals surface area contributed by atoms with Crippen LogP contribution in [0.25, 0.3) is 10.8 Å². The molecule has 6 nitrogen and oxygen atoms in total. The SMILES string of the molecule is Cc1cc(N)nc(N2N=C(c3cccc4ccccc34)CC2(O)C(F)(F)F)n1. The first kappa shape index (κ1) is 18.2. The summed E-state index contributed by atoms with van der Waals surface area (Å²) >= 11 is 0. The lowest BCUT2D eigenvalue weighted by Gasteiger charge is -2.32. The first-order valence-electron chi connectivity index (χ1n) is 8.45. The van der Waals surface area contributed by atoms with Crippen molar-refractivity contribution in [1.29, 1.82) is 0 Å². The fourth-order valence-electron chi connectivity index (χ4n) is 3.28. The molecule has 0 fully saturated rings. The molecule has 1 unspecified atom stereocenters. The quantitative estimate of drug-likeness (QED) is 0.704. The molecule has 3 aromatic rings. The number of anilines is 2. The summed E-state index contributed by atoms with van der Waals surface area (Å²) in [6.07, 6.45) is -5.76. The predicted octanol–water partition coefficient (Wildman–Crippen LogP) is 3.39. The van der Waals surface area contributed by atoms with Crippen LogP contribution in [0.3, 0.4) is 0 Å². The highest BCUT2D eigenvalue weighted by atomic mass is 19.4. The van der Waals surface area contributed by atoms with Crippen molar-refractivity contribution in [1.82, 2.24) is 9.97 Å². The number of hydrogen-bond donors (Lipinski definition) is 2. The number of aryl methyl sites for hydroxylation is 1. The van der Waals surface area contributed by atoms with Crippen LogP contribution in [0.2, 0.25) is 0 Å². The topological polar surface area (TPSA) is 87.6 Å². The van der Waals surface area contributed by atoms with Crippen LogP contribution >= 0.6 is 0 Å². The molecular weight excluding hydrogens is 371 g/mol. The van der Waals surface area contributed by atoms with Crippen molar-refractivity contribution < 1.29 is 18.3 Å². The summed E-state index contributed by atoms with van der Waals surface area (Å²) in [6, 6.07) is 14.0. The minimum atomic E-state index is -5.00. The van der Waals surface area contributed by atoms with E-state index in [-0.39, 0.29) is 11.5 Å². The summed E-state index contributed by atoms with van der Waals surface area (Å²) in [5, 5.41) is 16.7. The van der Waals surface area contributed by atoms with Crippen LogP contribution in [0.4, 0.5) is 24.9 Å². The standard InChI is InChI=1S/C19H16F3N5O/c1-11-9-16(23)25-17(24-11)27-18(28,19(20,21)22)10-15(26-27)14-8-4-6-12-5-2-3-7-13(12)14/h2-9,28H,10H2,1H3,(H2,23,24,25). The Morgan fingerprint density at radius 2 is 1.82 bits per heavy atom. The number of fused-ring (bicyclic) bond motifs is 1. The molecular formula is C19H16F3N5O. The van der Waals surface area contributed by atoms with Gasteiger partial charge in [0.1, 0.15) is 5.82 Å². The lowest BCUT2D eigenvalue weighted by molar-refractivity contribution is -0.254. The van der Waals surface area contributed by atoms with E-state index in [1.165, 1.54) is 6.07 Å². The number of nitrogen functional groups attached to an aromatic ring is 1. The number of benzene rings is 2. The molecule has 0 saturated heterocycles. The zero-order valence-corrected chi connectivity index (χ0v) is 14.8. The van der Waals surface area contributed by atoms with E-state index in [0.717, 1.165) is 10.8 Å². The summed E-state index contributed by atoms with van der Waals surface area (Å²) in [4.78, 5) is 7.82. The van der Waals surface area contributed by atoms with Gasteiger partial charge in [0.2, 0.25) is 0 Å². The number of halogens is 3. The Labute approximate surface area is 158 Å². The minimum absolute atomic E-state index is 0.0131. The molecule has 1 atom stereocenters. The lowest BCUT2D eigenvalue weighted by atomic mass is 9.96. The molecule has 1 aliphatic heterocycles. The molecule has 9 heteroatoms. The van der Waals surface area contributed by atoms with Gasteiger partial charge in [-0.1, -0.05) is 42.5 Å². The molecule has 2 heterocycles. The Hall–Kier alpha value is -3.20. The summed E-state index contributed by atoms with van der Waals surface area (Å²) < 4.78 is 41.5. The second-order valence-corrected chi connectivity index (χ2v) is 6.61. The Morgan fingerprint density at radius 3 is 2.54 bits per heavy atom. The Kier molecular flexibility index (Phi) is 4.00. The van der Waals surface area contributed by atoms with Crippen LogP contribution in [0, 0.1) is 6.92 Å². The normalized spacial score (nSPS) is 19.9. The first-order valence-corrected chi connectivity index (χ1v) is 8.45. The van der Waals surface area contributed by atoms with Crippen molar-refractivity contribution >= 4 is 28.3 Å². The van der Waals surface area contributed by atoms with Gasteiger partial charge < -0.3 is 10.8 Å². The molecule has 0 radical (unpaired) electrons. The zero-order valence-electron chi connectivity index (χ0n) is 14.8. The number of aromatic nitrogens is 2. The molecule has 28 heavy (non-hydrogen) atoms. The number of aliphatic hydroxyl groups is 1. The van der Waals surface area contributed by atoms with Gasteiger partial charge in [-0.25, -0.2) is 4.98 Å². The van der Waals surface area contributed by atoms with Gasteiger partial charge in [-0.05, 0) is 17.7 Å². The molecule has 0 saturated carbocycles. The monoisotopic (exact) mass is 387 g/mol. The van der Waals surface area contributed by atoms with Crippen molar-refractivity contribution in [3.8, 4) is 0 Å². The number of rotatable bonds is 2. The second-order valence-electron chi connectivity index (χ2n) is 6.61. The number of hydrogen-bond acceptors (Lipinski definition) is 6. The molecule has 144 valence electrons. The Morgan fingerprint density at radius 1 is 1.11 bits per heavy atom. The molecule has 1 aromatic heterocycles. The van der Waals surface area contributed by atoms with Crippen molar-refractivity contribution in [2.75, 3.05) is 10.7 Å². The van der Waals surface area contributed by atoms with Crippen molar-refractivity contribution in [3.05, 3.63) is 59.8 Å². The van der Waals surface area contributed by atoms with Gasteiger partial charge in [-0.2, -0.15) is 28.3 Å². The van der Waals surface area contributed by atoms with Crippen LogP contribution in [-0.2, 0) is 0 Å². The van der Waals surface area contributed by atoms with E-state index in [1.54, 1.807) is 31.2 Å². The van der Waals surface area contributed by atoms with Crippen LogP contribution in [0.5, 0.6) is 0 Å². The summed E-state index contributed by atoms with van der Waals surface area (Å²) in [5.74, 6) is -0.423. The highest BCUT2D eigenvalue weighted by Crippen LogP contribution is 2.43. The maximum absolute atomic E-state index is 13.8. The van der Waals surface area contributed by atoms with E-state index in [9.17, 15) is 18.3 Å². The summed E-state index contributed by atoms with van der Waals surface area (Å²) in [7, 11) is 0. The Bertz CT molecular complexity index is 1070. The fraction of sp³-hybridized carbons (Fsp3) is 0.211.